The number of hydrogen-bond acceptors (Lipinski definition) is 7. The highest BCUT2D eigenvalue weighted by atomic mass is 31.2. The van der Waals surface area contributed by atoms with E-state index in [4.69, 9.17) is 24.3 Å². The number of carbonyl (C=O) groups is 1. The van der Waals surface area contributed by atoms with Gasteiger partial charge < -0.3 is 20.1 Å². The Morgan fingerprint density at radius 1 is 0.526 bits per heavy atom. The van der Waals surface area contributed by atoms with Gasteiger partial charge in [0.15, 0.2) is 0 Å². The molecule has 0 aliphatic heterocycles. The van der Waals surface area contributed by atoms with Crippen molar-refractivity contribution in [1.29, 1.82) is 0 Å². The predicted octanol–water partition coefficient (Wildman–Crippen LogP) is 14.8. The molecule has 9 heteroatoms. The Kier molecular flexibility index (Phi) is 45.2. The molecule has 0 aromatic heterocycles. The fourth-order valence-corrected chi connectivity index (χ4v) is 7.79. The minimum Gasteiger partial charge on any atom is -0.457 e. The van der Waals surface area contributed by atoms with Crippen molar-refractivity contribution >= 4 is 13.8 Å². The van der Waals surface area contributed by atoms with Gasteiger partial charge in [0.2, 0.25) is 0 Å². The van der Waals surface area contributed by atoms with E-state index in [1.165, 1.54) is 180 Å². The van der Waals surface area contributed by atoms with Gasteiger partial charge in [0.05, 0.1) is 19.8 Å². The summed E-state index contributed by atoms with van der Waals surface area (Å²) >= 11 is 0. The summed E-state index contributed by atoms with van der Waals surface area (Å²) in [6.45, 7) is 4.96. The van der Waals surface area contributed by atoms with E-state index in [0.29, 0.717) is 13.0 Å². The molecule has 2 atom stereocenters. The Labute approximate surface area is 353 Å². The van der Waals surface area contributed by atoms with Crippen molar-refractivity contribution in [1.82, 2.24) is 0 Å². The molecule has 0 radical (unpaired) electrons. The molecular formula is C48H94NO7P. The summed E-state index contributed by atoms with van der Waals surface area (Å²) in [6.07, 6.45) is 52.0. The normalized spacial score (nSPS) is 13.5. The molecule has 0 aliphatic rings. The number of phosphoric ester groups is 1. The zero-order chi connectivity index (χ0) is 41.6. The van der Waals surface area contributed by atoms with Crippen molar-refractivity contribution in [3.8, 4) is 0 Å². The second kappa shape index (κ2) is 46.1. The van der Waals surface area contributed by atoms with E-state index in [1.807, 2.05) is 0 Å². The number of hydrogen-bond donors (Lipinski definition) is 2. The first-order valence-electron chi connectivity index (χ1n) is 24.3. The number of ether oxygens (including phenoxy) is 2. The third-order valence-electron chi connectivity index (χ3n) is 10.6. The van der Waals surface area contributed by atoms with Crippen molar-refractivity contribution in [3.05, 3.63) is 24.3 Å². The molecule has 0 saturated carbocycles. The zero-order valence-electron chi connectivity index (χ0n) is 37.6. The first-order valence-corrected chi connectivity index (χ1v) is 25.8. The van der Waals surface area contributed by atoms with Gasteiger partial charge in [-0.2, -0.15) is 0 Å². The maximum atomic E-state index is 12.6. The van der Waals surface area contributed by atoms with Crippen LogP contribution in [0.3, 0.4) is 0 Å². The summed E-state index contributed by atoms with van der Waals surface area (Å²) in [5.74, 6) is -0.330. The first-order chi connectivity index (χ1) is 27.9. The van der Waals surface area contributed by atoms with E-state index in [0.717, 1.165) is 38.5 Å². The number of phosphoric acid groups is 1. The van der Waals surface area contributed by atoms with E-state index >= 15 is 0 Å². The van der Waals surface area contributed by atoms with Crippen LogP contribution in [0.15, 0.2) is 24.3 Å². The maximum Gasteiger partial charge on any atom is 0.472 e. The highest BCUT2D eigenvalue weighted by Gasteiger charge is 2.25. The molecule has 3 N–H and O–H groups in total. The van der Waals surface area contributed by atoms with E-state index < -0.39 is 13.9 Å². The largest absolute Gasteiger partial charge is 0.472 e. The highest BCUT2D eigenvalue weighted by molar-refractivity contribution is 7.47. The number of carbonyl (C=O) groups excluding carboxylic acids is 1. The maximum absolute atomic E-state index is 12.6. The van der Waals surface area contributed by atoms with Gasteiger partial charge >= 0.3 is 13.8 Å². The lowest BCUT2D eigenvalue weighted by Crippen LogP contribution is -2.28. The molecule has 0 saturated heterocycles. The zero-order valence-corrected chi connectivity index (χ0v) is 38.5. The number of unbranched alkanes of at least 4 members (excludes halogenated alkanes) is 30. The van der Waals surface area contributed by atoms with Crippen molar-refractivity contribution in [3.63, 3.8) is 0 Å². The molecule has 0 aromatic rings. The molecule has 8 nitrogen and oxygen atoms in total. The van der Waals surface area contributed by atoms with Gasteiger partial charge in [-0.05, 0) is 44.9 Å². The third-order valence-corrected chi connectivity index (χ3v) is 11.6. The average molecular weight is 828 g/mol. The second-order valence-electron chi connectivity index (χ2n) is 16.3. The molecule has 0 amide bonds. The van der Waals surface area contributed by atoms with Crippen LogP contribution in [0.2, 0.25) is 0 Å². The number of allylic oxidation sites excluding steroid dienone is 4. The second-order valence-corrected chi connectivity index (χ2v) is 17.8. The van der Waals surface area contributed by atoms with Crippen LogP contribution in [0, 0.1) is 0 Å². The Hall–Kier alpha value is -1.02. The lowest BCUT2D eigenvalue weighted by Gasteiger charge is -2.20. The number of esters is 1. The van der Waals surface area contributed by atoms with Gasteiger partial charge in [0.1, 0.15) is 6.10 Å². The van der Waals surface area contributed by atoms with Crippen LogP contribution in [-0.4, -0.2) is 49.9 Å². The highest BCUT2D eigenvalue weighted by Crippen LogP contribution is 2.43. The molecule has 57 heavy (non-hydrogen) atoms. The summed E-state index contributed by atoms with van der Waals surface area (Å²) in [5, 5.41) is 0. The monoisotopic (exact) mass is 828 g/mol. The summed E-state index contributed by atoms with van der Waals surface area (Å²) in [6, 6.07) is 0. The molecule has 0 spiro atoms. The van der Waals surface area contributed by atoms with Gasteiger partial charge in [-0.1, -0.05) is 212 Å². The van der Waals surface area contributed by atoms with Crippen molar-refractivity contribution in [2.75, 3.05) is 33.0 Å². The van der Waals surface area contributed by atoms with Crippen molar-refractivity contribution in [2.24, 2.45) is 5.73 Å². The number of nitrogens with two attached hydrogens (primary N) is 1. The lowest BCUT2D eigenvalue weighted by atomic mass is 10.0. The van der Waals surface area contributed by atoms with Gasteiger partial charge in [-0.3, -0.25) is 13.8 Å². The van der Waals surface area contributed by atoms with Gasteiger partial charge in [-0.25, -0.2) is 4.57 Å². The number of rotatable bonds is 47. The fraction of sp³-hybridized carbons (Fsp3) is 0.896. The van der Waals surface area contributed by atoms with Crippen LogP contribution in [-0.2, 0) is 27.9 Å². The minimum absolute atomic E-state index is 0.0940. The van der Waals surface area contributed by atoms with Crippen LogP contribution in [0.1, 0.15) is 239 Å². The molecule has 2 unspecified atom stereocenters. The predicted molar refractivity (Wildman–Crippen MR) is 243 cm³/mol. The molecule has 338 valence electrons. The topological polar surface area (TPSA) is 117 Å². The molecule has 0 fully saturated rings. The van der Waals surface area contributed by atoms with Crippen LogP contribution >= 0.6 is 7.82 Å². The summed E-state index contributed by atoms with van der Waals surface area (Å²) < 4.78 is 33.5. The SMILES string of the molecule is CCCCCCC/C=C\C/C=C\CCCCCCCCCCCC(=O)OC(COCCCCCCCCCCCCCCCCCCC)COP(=O)(O)OCCN. The Balaban J connectivity index is 3.95. The van der Waals surface area contributed by atoms with Gasteiger partial charge in [0.25, 0.3) is 0 Å². The Bertz CT molecular complexity index is 930. The van der Waals surface area contributed by atoms with Crippen molar-refractivity contribution in [2.45, 2.75) is 245 Å². The van der Waals surface area contributed by atoms with E-state index in [2.05, 4.69) is 38.2 Å². The van der Waals surface area contributed by atoms with E-state index in [9.17, 15) is 14.3 Å². The smallest absolute Gasteiger partial charge is 0.457 e. The van der Waals surface area contributed by atoms with Crippen LogP contribution in [0.4, 0.5) is 0 Å². The summed E-state index contributed by atoms with van der Waals surface area (Å²) in [7, 11) is -4.28. The molecular weight excluding hydrogens is 734 g/mol. The molecule has 0 heterocycles. The van der Waals surface area contributed by atoms with E-state index in [-0.39, 0.29) is 32.3 Å². The van der Waals surface area contributed by atoms with Crippen molar-refractivity contribution < 1.29 is 32.8 Å². The Morgan fingerprint density at radius 3 is 1.37 bits per heavy atom. The first kappa shape index (κ1) is 56.0. The molecule has 0 aliphatic carbocycles. The molecule has 0 aromatic carbocycles. The fourth-order valence-electron chi connectivity index (χ4n) is 7.03. The lowest BCUT2D eigenvalue weighted by molar-refractivity contribution is -0.154. The quantitative estimate of drug-likeness (QED) is 0.0270. The van der Waals surface area contributed by atoms with Crippen LogP contribution in [0.25, 0.3) is 0 Å². The summed E-state index contributed by atoms with van der Waals surface area (Å²) in [4.78, 5) is 22.6. The Morgan fingerprint density at radius 2 is 0.930 bits per heavy atom. The molecule has 0 bridgehead atoms. The van der Waals surface area contributed by atoms with Crippen LogP contribution < -0.4 is 5.73 Å². The van der Waals surface area contributed by atoms with E-state index in [1.54, 1.807) is 0 Å². The van der Waals surface area contributed by atoms with Crippen LogP contribution in [0.5, 0.6) is 0 Å². The minimum atomic E-state index is -4.28. The molecule has 0 rings (SSSR count). The summed E-state index contributed by atoms with van der Waals surface area (Å²) in [5.41, 5.74) is 5.38. The average Bonchev–Trinajstić information content (AvgIpc) is 3.20. The standard InChI is InChI=1S/C48H94NO7P/c1-3-5-7-9-11-13-15-17-19-21-22-23-24-25-27-29-31-33-35-37-39-41-48(50)56-47(46-55-57(51,52)54-44-42-49)45-53-43-40-38-36-34-32-30-28-26-20-18-16-14-12-10-8-6-4-2/h15,17,21-22,47H,3-14,16,18-20,23-46,49H2,1-2H3,(H,51,52)/b17-15-,22-21-. The third kappa shape index (κ3) is 45.9. The van der Waals surface area contributed by atoms with Gasteiger partial charge in [-0.15, -0.1) is 0 Å². The van der Waals surface area contributed by atoms with Gasteiger partial charge in [0, 0.05) is 19.6 Å².